The van der Waals surface area contributed by atoms with Crippen LogP contribution in [0.2, 0.25) is 0 Å². The van der Waals surface area contributed by atoms with Gasteiger partial charge in [0.2, 0.25) is 11.2 Å². The summed E-state index contributed by atoms with van der Waals surface area (Å²) in [7, 11) is 2.93. The molecule has 39 heavy (non-hydrogen) atoms. The van der Waals surface area contributed by atoms with E-state index in [-0.39, 0.29) is 40.1 Å². The van der Waals surface area contributed by atoms with Crippen LogP contribution in [0.4, 0.5) is 18.9 Å². The average Bonchev–Trinajstić information content (AvgIpc) is 2.94. The van der Waals surface area contributed by atoms with Gasteiger partial charge in [-0.25, -0.2) is 0 Å². The highest BCUT2D eigenvalue weighted by Crippen LogP contribution is 2.41. The van der Waals surface area contributed by atoms with E-state index < -0.39 is 22.9 Å². The van der Waals surface area contributed by atoms with Crippen molar-refractivity contribution in [3.8, 4) is 28.4 Å². The van der Waals surface area contributed by atoms with E-state index in [1.165, 1.54) is 37.4 Å². The number of nitrogens with zero attached hydrogens (tertiary/aromatic N) is 2. The summed E-state index contributed by atoms with van der Waals surface area (Å²) in [5, 5.41) is 10.6. The highest BCUT2D eigenvalue weighted by Gasteiger charge is 2.40. The van der Waals surface area contributed by atoms with Crippen LogP contribution in [0.5, 0.6) is 17.2 Å². The first-order chi connectivity index (χ1) is 18.7. The van der Waals surface area contributed by atoms with E-state index >= 15 is 0 Å². The van der Waals surface area contributed by atoms with Crippen molar-refractivity contribution in [1.82, 2.24) is 4.90 Å². The number of methoxy groups -OCH3 is 2. The van der Waals surface area contributed by atoms with E-state index in [4.69, 9.17) is 13.9 Å². The summed E-state index contributed by atoms with van der Waals surface area (Å²) in [5.74, 6) is -0.789. The predicted octanol–water partition coefficient (Wildman–Crippen LogP) is 5.52. The van der Waals surface area contributed by atoms with E-state index in [1.807, 2.05) is 29.2 Å². The Hall–Kier alpha value is -4.18. The first kappa shape index (κ1) is 26.4. The number of benzene rings is 3. The van der Waals surface area contributed by atoms with Gasteiger partial charge < -0.3 is 23.9 Å². The molecule has 0 atom stereocenters. The lowest BCUT2D eigenvalue weighted by atomic mass is 9.99. The summed E-state index contributed by atoms with van der Waals surface area (Å²) in [4.78, 5) is 17.7. The third-order valence-corrected chi connectivity index (χ3v) is 6.96. The molecule has 0 saturated carbocycles. The molecule has 10 heteroatoms. The molecule has 0 bridgehead atoms. The second-order valence-corrected chi connectivity index (χ2v) is 9.23. The molecule has 2 heterocycles. The molecule has 3 aromatic carbocycles. The van der Waals surface area contributed by atoms with Gasteiger partial charge in [0.1, 0.15) is 22.8 Å². The molecular weight excluding hydrogens is 513 g/mol. The molecule has 1 aliphatic heterocycles. The van der Waals surface area contributed by atoms with E-state index in [0.717, 1.165) is 11.4 Å². The molecule has 0 aliphatic carbocycles. The van der Waals surface area contributed by atoms with Gasteiger partial charge >= 0.3 is 6.18 Å². The molecular formula is C29H27F3N2O5. The summed E-state index contributed by atoms with van der Waals surface area (Å²) in [6.45, 7) is 2.66. The summed E-state index contributed by atoms with van der Waals surface area (Å²) in [6, 6.07) is 16.3. The quantitative estimate of drug-likeness (QED) is 0.345. The van der Waals surface area contributed by atoms with Gasteiger partial charge in [0.05, 0.1) is 30.7 Å². The molecule has 1 aliphatic rings. The molecule has 204 valence electrons. The van der Waals surface area contributed by atoms with Crippen molar-refractivity contribution in [2.24, 2.45) is 0 Å². The van der Waals surface area contributed by atoms with Crippen LogP contribution in [0.3, 0.4) is 0 Å². The third-order valence-electron chi connectivity index (χ3n) is 6.96. The van der Waals surface area contributed by atoms with Crippen molar-refractivity contribution in [3.05, 3.63) is 82.2 Å². The maximum atomic E-state index is 14.3. The van der Waals surface area contributed by atoms with Gasteiger partial charge in [0, 0.05) is 44.0 Å². The summed E-state index contributed by atoms with van der Waals surface area (Å²) in [6.07, 6.45) is -4.96. The monoisotopic (exact) mass is 540 g/mol. The number of alkyl halides is 3. The number of piperazine rings is 1. The third kappa shape index (κ3) is 5.12. The Morgan fingerprint density at radius 1 is 0.923 bits per heavy atom. The standard InChI is InChI=1S/C29H27F3N2O5/c1-37-19-9-7-18(8-10-19)34-15-13-33(14-16-34)17-22-23(35)12-11-21-26(36)25(20-5-3-4-6-24(20)38-2)28(29(30,31)32)39-27(21)22/h3-12,35H,13-17H2,1-2H3. The molecule has 1 fully saturated rings. The van der Waals surface area contributed by atoms with Gasteiger partial charge in [-0.2, -0.15) is 13.2 Å². The van der Waals surface area contributed by atoms with Gasteiger partial charge in [-0.05, 0) is 42.5 Å². The van der Waals surface area contributed by atoms with Crippen molar-refractivity contribution in [2.45, 2.75) is 12.7 Å². The molecule has 1 saturated heterocycles. The van der Waals surface area contributed by atoms with Gasteiger partial charge in [-0.1, -0.05) is 18.2 Å². The van der Waals surface area contributed by atoms with E-state index in [9.17, 15) is 23.1 Å². The zero-order chi connectivity index (χ0) is 27.7. The number of phenols is 1. The normalized spacial score (nSPS) is 14.5. The fourth-order valence-electron chi connectivity index (χ4n) is 4.93. The number of hydrogen-bond acceptors (Lipinski definition) is 7. The fourth-order valence-corrected chi connectivity index (χ4v) is 4.93. The molecule has 7 nitrogen and oxygen atoms in total. The first-order valence-corrected chi connectivity index (χ1v) is 12.3. The van der Waals surface area contributed by atoms with Crippen molar-refractivity contribution < 1.29 is 32.2 Å². The van der Waals surface area contributed by atoms with E-state index in [1.54, 1.807) is 13.2 Å². The summed E-state index contributed by atoms with van der Waals surface area (Å²) in [5.41, 5.74) is -0.598. The number of halogens is 3. The minimum absolute atomic E-state index is 0.0211. The highest BCUT2D eigenvalue weighted by molar-refractivity contribution is 5.88. The lowest BCUT2D eigenvalue weighted by Gasteiger charge is -2.36. The Kier molecular flexibility index (Phi) is 7.14. The van der Waals surface area contributed by atoms with Crippen LogP contribution < -0.4 is 19.8 Å². The van der Waals surface area contributed by atoms with Crippen LogP contribution >= 0.6 is 0 Å². The van der Waals surface area contributed by atoms with Gasteiger partial charge in [0.15, 0.2) is 0 Å². The number of phenolic OH excluding ortho intramolecular Hbond substituents is 1. The number of anilines is 1. The number of para-hydroxylation sites is 1. The smallest absolute Gasteiger partial charge is 0.450 e. The van der Waals surface area contributed by atoms with Crippen molar-refractivity contribution in [1.29, 1.82) is 0 Å². The highest BCUT2D eigenvalue weighted by atomic mass is 19.4. The molecule has 0 unspecified atom stereocenters. The fraction of sp³-hybridized carbons (Fsp3) is 0.276. The van der Waals surface area contributed by atoms with Crippen molar-refractivity contribution >= 4 is 16.7 Å². The van der Waals surface area contributed by atoms with Crippen LogP contribution in [-0.2, 0) is 12.7 Å². The Morgan fingerprint density at radius 2 is 1.62 bits per heavy atom. The van der Waals surface area contributed by atoms with Crippen LogP contribution in [0.1, 0.15) is 11.3 Å². The average molecular weight is 541 g/mol. The van der Waals surface area contributed by atoms with Crippen LogP contribution in [0.15, 0.2) is 69.9 Å². The van der Waals surface area contributed by atoms with E-state index in [0.29, 0.717) is 26.2 Å². The van der Waals surface area contributed by atoms with Gasteiger partial charge in [-0.3, -0.25) is 9.69 Å². The maximum absolute atomic E-state index is 14.3. The maximum Gasteiger partial charge on any atom is 0.450 e. The molecule has 1 N–H and O–H groups in total. The molecule has 0 amide bonds. The zero-order valence-corrected chi connectivity index (χ0v) is 21.4. The number of ether oxygens (including phenoxy) is 2. The van der Waals surface area contributed by atoms with Gasteiger partial charge in [0.25, 0.3) is 0 Å². The van der Waals surface area contributed by atoms with Gasteiger partial charge in [-0.15, -0.1) is 0 Å². The van der Waals surface area contributed by atoms with Crippen molar-refractivity contribution in [2.75, 3.05) is 45.3 Å². The summed E-state index contributed by atoms with van der Waals surface area (Å²) >= 11 is 0. The zero-order valence-electron chi connectivity index (χ0n) is 21.4. The Bertz CT molecular complexity index is 1540. The second-order valence-electron chi connectivity index (χ2n) is 9.23. The van der Waals surface area contributed by atoms with Crippen LogP contribution in [0.25, 0.3) is 22.1 Å². The largest absolute Gasteiger partial charge is 0.507 e. The minimum Gasteiger partial charge on any atom is -0.507 e. The van der Waals surface area contributed by atoms with Crippen LogP contribution in [-0.4, -0.2) is 50.4 Å². The minimum atomic E-state index is -4.96. The predicted molar refractivity (Wildman–Crippen MR) is 142 cm³/mol. The molecule has 5 rings (SSSR count). The molecule has 0 radical (unpaired) electrons. The number of fused-ring (bicyclic) bond motifs is 1. The number of hydrogen-bond donors (Lipinski definition) is 1. The lowest BCUT2D eigenvalue weighted by molar-refractivity contribution is -0.152. The Balaban J connectivity index is 1.50. The van der Waals surface area contributed by atoms with E-state index in [2.05, 4.69) is 4.90 Å². The lowest BCUT2D eigenvalue weighted by Crippen LogP contribution is -2.46. The Morgan fingerprint density at radius 3 is 2.26 bits per heavy atom. The SMILES string of the molecule is COc1ccc(N2CCN(Cc3c(O)ccc4c(=O)c(-c5ccccc5OC)c(C(F)(F)F)oc34)CC2)cc1. The van der Waals surface area contributed by atoms with Crippen LogP contribution in [0, 0.1) is 0 Å². The first-order valence-electron chi connectivity index (χ1n) is 12.3. The number of aromatic hydroxyl groups is 1. The number of rotatable bonds is 6. The summed E-state index contributed by atoms with van der Waals surface area (Å²) < 4.78 is 58.7. The topological polar surface area (TPSA) is 75.4 Å². The van der Waals surface area contributed by atoms with Crippen molar-refractivity contribution in [3.63, 3.8) is 0 Å². The molecule has 1 aromatic heterocycles. The molecule has 4 aromatic rings. The Labute approximate surface area is 222 Å². The molecule has 0 spiro atoms. The second kappa shape index (κ2) is 10.5.